The number of para-hydroxylation sites is 1. The van der Waals surface area contributed by atoms with Gasteiger partial charge in [0.05, 0.1) is 12.2 Å². The molecule has 0 saturated carbocycles. The van der Waals surface area contributed by atoms with Crippen molar-refractivity contribution in [1.29, 1.82) is 0 Å². The second-order valence-electron chi connectivity index (χ2n) is 5.07. The number of amides is 2. The number of aliphatic imine (C=N–C) groups is 1. The molecule has 0 spiro atoms. The van der Waals surface area contributed by atoms with E-state index in [-0.39, 0.29) is 11.8 Å². The summed E-state index contributed by atoms with van der Waals surface area (Å²) in [6, 6.07) is 7.70. The van der Waals surface area contributed by atoms with Crippen LogP contribution < -0.4 is 10.2 Å². The molecule has 0 aliphatic carbocycles. The van der Waals surface area contributed by atoms with E-state index in [1.807, 2.05) is 24.3 Å². The van der Waals surface area contributed by atoms with Gasteiger partial charge in [0, 0.05) is 17.1 Å². The first kappa shape index (κ1) is 13.2. The molecule has 1 aromatic rings. The lowest BCUT2D eigenvalue weighted by atomic mass is 10.2. The van der Waals surface area contributed by atoms with E-state index in [2.05, 4.69) is 10.3 Å². The number of carbonyl (C=O) groups is 2. The number of hydrogen-bond acceptors (Lipinski definition) is 5. The van der Waals surface area contributed by atoms with Crippen molar-refractivity contribution in [3.05, 3.63) is 24.3 Å². The predicted molar refractivity (Wildman–Crippen MR) is 84.7 cm³/mol. The van der Waals surface area contributed by atoms with E-state index in [1.165, 1.54) is 11.8 Å². The van der Waals surface area contributed by atoms with Gasteiger partial charge in [-0.05, 0) is 18.6 Å². The number of hydrogen-bond donors (Lipinski definition) is 1. The van der Waals surface area contributed by atoms with Crippen molar-refractivity contribution in [3.8, 4) is 0 Å². The van der Waals surface area contributed by atoms with Crippen LogP contribution >= 0.6 is 23.5 Å². The van der Waals surface area contributed by atoms with Crippen molar-refractivity contribution in [3.63, 3.8) is 0 Å². The van der Waals surface area contributed by atoms with Crippen LogP contribution in [0.15, 0.2) is 34.2 Å². The zero-order valence-electron chi connectivity index (χ0n) is 11.2. The normalized spacial score (nSPS) is 26.6. The third kappa shape index (κ3) is 1.91. The summed E-state index contributed by atoms with van der Waals surface area (Å²) < 4.78 is 0. The van der Waals surface area contributed by atoms with Gasteiger partial charge in [0.25, 0.3) is 5.91 Å². The van der Waals surface area contributed by atoms with Gasteiger partial charge in [0.2, 0.25) is 5.91 Å². The van der Waals surface area contributed by atoms with Crippen LogP contribution in [0.5, 0.6) is 0 Å². The highest BCUT2D eigenvalue weighted by Crippen LogP contribution is 2.55. The fourth-order valence-electron chi connectivity index (χ4n) is 2.90. The second kappa shape index (κ2) is 4.78. The Balaban J connectivity index is 1.70. The van der Waals surface area contributed by atoms with E-state index in [0.29, 0.717) is 18.0 Å². The topological polar surface area (TPSA) is 61.8 Å². The highest BCUT2D eigenvalue weighted by Gasteiger charge is 2.57. The Morgan fingerprint density at radius 2 is 2.24 bits per heavy atom. The van der Waals surface area contributed by atoms with E-state index in [9.17, 15) is 9.59 Å². The van der Waals surface area contributed by atoms with E-state index in [0.717, 1.165) is 22.9 Å². The molecule has 0 radical (unpaired) electrons. The number of benzene rings is 1. The lowest BCUT2D eigenvalue weighted by Crippen LogP contribution is -2.53. The first-order valence-electron chi connectivity index (χ1n) is 6.80. The molecule has 3 aliphatic rings. The maximum atomic E-state index is 12.8. The maximum absolute atomic E-state index is 12.8. The molecule has 4 rings (SSSR count). The molecule has 2 amide bonds. The monoisotopic (exact) mass is 319 g/mol. The highest BCUT2D eigenvalue weighted by molar-refractivity contribution is 8.14. The van der Waals surface area contributed by atoms with Crippen molar-refractivity contribution >= 4 is 46.2 Å². The predicted octanol–water partition coefficient (Wildman–Crippen LogP) is 1.83. The molecule has 21 heavy (non-hydrogen) atoms. The average molecular weight is 319 g/mol. The molecule has 1 saturated heterocycles. The number of nitrogens with zero attached hydrogens (tertiary/aromatic N) is 2. The van der Waals surface area contributed by atoms with Crippen LogP contribution in [0.25, 0.3) is 0 Å². The fraction of sp³-hybridized carbons (Fsp3) is 0.357. The van der Waals surface area contributed by atoms with Gasteiger partial charge < -0.3 is 5.32 Å². The summed E-state index contributed by atoms with van der Waals surface area (Å²) in [7, 11) is 0. The summed E-state index contributed by atoms with van der Waals surface area (Å²) in [6.07, 6.45) is 0.948. The van der Waals surface area contributed by atoms with Gasteiger partial charge in [-0.15, -0.1) is 0 Å². The van der Waals surface area contributed by atoms with E-state index in [1.54, 1.807) is 16.7 Å². The number of thioether (sulfide) groups is 2. The van der Waals surface area contributed by atoms with E-state index < -0.39 is 4.87 Å². The van der Waals surface area contributed by atoms with Crippen molar-refractivity contribution in [1.82, 2.24) is 5.32 Å². The Morgan fingerprint density at radius 1 is 1.38 bits per heavy atom. The maximum Gasteiger partial charge on any atom is 0.263 e. The molecule has 0 bridgehead atoms. The van der Waals surface area contributed by atoms with Crippen LogP contribution in [0.3, 0.4) is 0 Å². The van der Waals surface area contributed by atoms with Gasteiger partial charge in [-0.2, -0.15) is 0 Å². The molecule has 1 aromatic carbocycles. The minimum atomic E-state index is -0.841. The Bertz CT molecular complexity index is 676. The zero-order chi connectivity index (χ0) is 14.4. The summed E-state index contributed by atoms with van der Waals surface area (Å²) in [6.45, 7) is 0.739. The molecule has 5 nitrogen and oxygen atoms in total. The van der Waals surface area contributed by atoms with Crippen LogP contribution in [-0.2, 0) is 9.59 Å². The second-order valence-corrected chi connectivity index (χ2v) is 7.48. The highest BCUT2D eigenvalue weighted by atomic mass is 32.2. The molecule has 7 heteroatoms. The molecule has 108 valence electrons. The average Bonchev–Trinajstić information content (AvgIpc) is 3.15. The first-order chi connectivity index (χ1) is 10.2. The molecular weight excluding hydrogens is 306 g/mol. The number of anilines is 1. The lowest BCUT2D eigenvalue weighted by molar-refractivity contribution is -0.123. The molecule has 3 aliphatic heterocycles. The number of carbonyl (C=O) groups excluding carboxylic acids is 2. The van der Waals surface area contributed by atoms with E-state index in [4.69, 9.17) is 0 Å². The zero-order valence-corrected chi connectivity index (χ0v) is 12.8. The van der Waals surface area contributed by atoms with Crippen molar-refractivity contribution in [2.75, 3.05) is 17.2 Å². The molecule has 1 unspecified atom stereocenters. The minimum absolute atomic E-state index is 0.0172. The quantitative estimate of drug-likeness (QED) is 0.858. The van der Waals surface area contributed by atoms with Crippen LogP contribution in [0.1, 0.15) is 12.8 Å². The fourth-order valence-corrected chi connectivity index (χ4v) is 5.04. The van der Waals surface area contributed by atoms with Gasteiger partial charge in [-0.3, -0.25) is 19.5 Å². The number of nitrogens with one attached hydrogen (secondary N) is 1. The molecule has 1 fully saturated rings. The SMILES string of the molecule is O=C1CCC2(C(=O)NC3=NCCS3)Sc3ccccc3N12. The Morgan fingerprint density at radius 3 is 3.05 bits per heavy atom. The van der Waals surface area contributed by atoms with Gasteiger partial charge in [-0.1, -0.05) is 35.7 Å². The van der Waals surface area contributed by atoms with Gasteiger partial charge in [0.1, 0.15) is 0 Å². The van der Waals surface area contributed by atoms with Crippen LogP contribution in [-0.4, -0.2) is 34.2 Å². The summed E-state index contributed by atoms with van der Waals surface area (Å²) in [5.74, 6) is 0.782. The molecule has 1 N–H and O–H groups in total. The van der Waals surface area contributed by atoms with Gasteiger partial charge >= 0.3 is 0 Å². The van der Waals surface area contributed by atoms with Crippen LogP contribution in [0, 0.1) is 0 Å². The number of fused-ring (bicyclic) bond motifs is 3. The third-order valence-electron chi connectivity index (χ3n) is 3.83. The summed E-state index contributed by atoms with van der Waals surface area (Å²) >= 11 is 3.03. The van der Waals surface area contributed by atoms with Crippen molar-refractivity contribution in [2.45, 2.75) is 22.6 Å². The largest absolute Gasteiger partial charge is 0.303 e. The third-order valence-corrected chi connectivity index (χ3v) is 6.20. The first-order valence-corrected chi connectivity index (χ1v) is 8.61. The van der Waals surface area contributed by atoms with Gasteiger partial charge in [0.15, 0.2) is 10.0 Å². The standard InChI is InChI=1S/C14H13N3O2S2/c18-11-5-6-14(12(19)16-13-15-7-8-20-13)17(11)9-3-1-2-4-10(9)21-14/h1-4H,5-8H2,(H,15,16,19). The molecule has 0 aromatic heterocycles. The molecule has 3 heterocycles. The van der Waals surface area contributed by atoms with Crippen molar-refractivity contribution in [2.24, 2.45) is 4.99 Å². The molecular formula is C14H13N3O2S2. The summed E-state index contributed by atoms with van der Waals surface area (Å²) in [5.41, 5.74) is 0.848. The smallest absolute Gasteiger partial charge is 0.263 e. The molecule has 1 atom stereocenters. The van der Waals surface area contributed by atoms with E-state index >= 15 is 0 Å². The minimum Gasteiger partial charge on any atom is -0.303 e. The summed E-state index contributed by atoms with van der Waals surface area (Å²) in [4.78, 5) is 31.1. The van der Waals surface area contributed by atoms with Gasteiger partial charge in [-0.25, -0.2) is 0 Å². The van der Waals surface area contributed by atoms with Crippen molar-refractivity contribution < 1.29 is 9.59 Å². The Labute approximate surface area is 130 Å². The number of rotatable bonds is 1. The van der Waals surface area contributed by atoms with Crippen LogP contribution in [0.4, 0.5) is 5.69 Å². The Hall–Kier alpha value is -1.47. The Kier molecular flexibility index (Phi) is 3.00. The van der Waals surface area contributed by atoms with Crippen LogP contribution in [0.2, 0.25) is 0 Å². The lowest BCUT2D eigenvalue weighted by Gasteiger charge is -2.29. The summed E-state index contributed by atoms with van der Waals surface area (Å²) in [5, 5.41) is 3.57. The number of amidine groups is 1.